The Labute approximate surface area is 188 Å². The highest BCUT2D eigenvalue weighted by atomic mass is 16.7. The molecular formula is C27H44O4. The molecule has 5 aliphatic carbocycles. The molecule has 0 unspecified atom stereocenters. The first-order chi connectivity index (χ1) is 14.9. The molecule has 4 heteroatoms. The van der Waals surface area contributed by atoms with Gasteiger partial charge < -0.3 is 19.7 Å². The molecule has 0 aromatic carbocycles. The maximum Gasteiger partial charge on any atom is 0.168 e. The zero-order valence-electron chi connectivity index (χ0n) is 19.9. The first-order valence-electron chi connectivity index (χ1n) is 13.1. The van der Waals surface area contributed by atoms with Gasteiger partial charge in [0, 0.05) is 25.4 Å². The molecule has 8 atom stereocenters. The van der Waals surface area contributed by atoms with Crippen LogP contribution >= 0.6 is 0 Å². The number of hydrogen-bond acceptors (Lipinski definition) is 4. The van der Waals surface area contributed by atoms with E-state index in [2.05, 4.69) is 19.9 Å². The lowest BCUT2D eigenvalue weighted by atomic mass is 9.45. The molecular weight excluding hydrogens is 388 g/mol. The number of ether oxygens (including phenoxy) is 2. The average Bonchev–Trinajstić information content (AvgIpc) is 3.10. The third kappa shape index (κ3) is 3.30. The second-order valence-electron chi connectivity index (χ2n) is 11.9. The predicted molar refractivity (Wildman–Crippen MR) is 121 cm³/mol. The van der Waals surface area contributed by atoms with E-state index in [9.17, 15) is 10.2 Å². The Morgan fingerprint density at radius 2 is 1.84 bits per heavy atom. The molecule has 31 heavy (non-hydrogen) atoms. The SMILES string of the molecule is COC1(O[C@H]2CC[C@H]3[C@@H]4CC=C5C[C@@H](O)C[C@@H](C)[C@]5(CO)[C@H]4CC[C@]23C)CCCCC1. The van der Waals surface area contributed by atoms with Gasteiger partial charge in [-0.3, -0.25) is 0 Å². The van der Waals surface area contributed by atoms with Crippen molar-refractivity contribution in [3.63, 3.8) is 0 Å². The molecule has 5 aliphatic rings. The van der Waals surface area contributed by atoms with E-state index in [1.807, 2.05) is 7.11 Å². The summed E-state index contributed by atoms with van der Waals surface area (Å²) < 4.78 is 12.9. The summed E-state index contributed by atoms with van der Waals surface area (Å²) in [5.74, 6) is 1.82. The minimum Gasteiger partial charge on any atom is -0.395 e. The lowest BCUT2D eigenvalue weighted by molar-refractivity contribution is -0.280. The Bertz CT molecular complexity index is 697. The van der Waals surface area contributed by atoms with Gasteiger partial charge in [0.05, 0.1) is 18.8 Å². The van der Waals surface area contributed by atoms with Gasteiger partial charge >= 0.3 is 0 Å². The zero-order chi connectivity index (χ0) is 21.9. The van der Waals surface area contributed by atoms with Crippen molar-refractivity contribution in [1.82, 2.24) is 0 Å². The van der Waals surface area contributed by atoms with Gasteiger partial charge in [-0.2, -0.15) is 0 Å². The van der Waals surface area contributed by atoms with Crippen molar-refractivity contribution < 1.29 is 19.7 Å². The Morgan fingerprint density at radius 3 is 2.55 bits per heavy atom. The standard InChI is InChI=1S/C27H44O4/c1-18-15-20(29)16-19-7-8-21-22-9-10-24(31-26(30-3)12-5-4-6-13-26)25(22,2)14-11-23(21)27(18,19)17-28/h7,18,20-24,28-29H,4-6,8-17H2,1-3H3/t18-,20+,21+,22+,23+,24+,25+,27+/m1/s1. The quantitative estimate of drug-likeness (QED) is 0.472. The van der Waals surface area contributed by atoms with E-state index >= 15 is 0 Å². The van der Waals surface area contributed by atoms with E-state index < -0.39 is 0 Å². The summed E-state index contributed by atoms with van der Waals surface area (Å²) in [4.78, 5) is 0. The fraction of sp³-hybridized carbons (Fsp3) is 0.926. The van der Waals surface area contributed by atoms with Crippen molar-refractivity contribution in [2.45, 2.75) is 109 Å². The topological polar surface area (TPSA) is 58.9 Å². The maximum absolute atomic E-state index is 10.7. The van der Waals surface area contributed by atoms with E-state index in [0.29, 0.717) is 23.7 Å². The highest BCUT2D eigenvalue weighted by molar-refractivity contribution is 5.28. The summed E-state index contributed by atoms with van der Waals surface area (Å²) >= 11 is 0. The first-order valence-corrected chi connectivity index (χ1v) is 13.1. The van der Waals surface area contributed by atoms with Crippen LogP contribution in [0.2, 0.25) is 0 Å². The van der Waals surface area contributed by atoms with Gasteiger partial charge in [0.15, 0.2) is 5.79 Å². The van der Waals surface area contributed by atoms with Crippen molar-refractivity contribution in [1.29, 1.82) is 0 Å². The molecule has 4 fully saturated rings. The van der Waals surface area contributed by atoms with Crippen molar-refractivity contribution in [3.8, 4) is 0 Å². The van der Waals surface area contributed by atoms with Crippen molar-refractivity contribution >= 4 is 0 Å². The van der Waals surface area contributed by atoms with Crippen LogP contribution < -0.4 is 0 Å². The molecule has 2 N–H and O–H groups in total. The number of hydrogen-bond donors (Lipinski definition) is 2. The Morgan fingerprint density at radius 1 is 1.06 bits per heavy atom. The van der Waals surface area contributed by atoms with Gasteiger partial charge in [0.2, 0.25) is 0 Å². The molecule has 0 aromatic heterocycles. The normalized spacial score (nSPS) is 49.0. The van der Waals surface area contributed by atoms with Gasteiger partial charge in [-0.05, 0) is 86.9 Å². The molecule has 176 valence electrons. The summed E-state index contributed by atoms with van der Waals surface area (Å²) in [6.45, 7) is 5.01. The number of aliphatic hydroxyl groups is 2. The predicted octanol–water partition coefficient (Wildman–Crippen LogP) is 5.22. The average molecular weight is 433 g/mol. The maximum atomic E-state index is 10.7. The van der Waals surface area contributed by atoms with Gasteiger partial charge in [-0.1, -0.05) is 31.9 Å². The molecule has 0 aromatic rings. The van der Waals surface area contributed by atoms with Crippen LogP contribution in [0.3, 0.4) is 0 Å². The third-order valence-corrected chi connectivity index (χ3v) is 10.8. The van der Waals surface area contributed by atoms with Gasteiger partial charge in [0.25, 0.3) is 0 Å². The molecule has 4 nitrogen and oxygen atoms in total. The first kappa shape index (κ1) is 22.4. The minimum atomic E-state index is -0.363. The summed E-state index contributed by atoms with van der Waals surface area (Å²) in [6.07, 6.45) is 15.7. The van der Waals surface area contributed by atoms with Crippen LogP contribution in [0.15, 0.2) is 11.6 Å². The van der Waals surface area contributed by atoms with Crippen LogP contribution in [0.4, 0.5) is 0 Å². The Hall–Kier alpha value is -0.420. The van der Waals surface area contributed by atoms with Crippen LogP contribution in [0.5, 0.6) is 0 Å². The van der Waals surface area contributed by atoms with Crippen LogP contribution in [-0.4, -0.2) is 41.9 Å². The number of aliphatic hydroxyl groups excluding tert-OH is 2. The van der Waals surface area contributed by atoms with Crippen LogP contribution in [-0.2, 0) is 9.47 Å². The summed E-state index contributed by atoms with van der Waals surface area (Å²) in [5, 5.41) is 21.2. The lowest BCUT2D eigenvalue weighted by Crippen LogP contribution is -2.57. The molecule has 0 bridgehead atoms. The van der Waals surface area contributed by atoms with Crippen molar-refractivity contribution in [3.05, 3.63) is 11.6 Å². The number of allylic oxidation sites excluding steroid dienone is 1. The molecule has 4 saturated carbocycles. The largest absolute Gasteiger partial charge is 0.395 e. The van der Waals surface area contributed by atoms with Crippen molar-refractivity contribution in [2.24, 2.45) is 34.5 Å². The van der Waals surface area contributed by atoms with E-state index in [0.717, 1.165) is 38.5 Å². The molecule has 0 spiro atoms. The molecule has 5 rings (SSSR count). The van der Waals surface area contributed by atoms with Crippen LogP contribution in [0.1, 0.15) is 90.9 Å². The second kappa shape index (κ2) is 8.11. The number of rotatable bonds is 4. The minimum absolute atomic E-state index is 0.112. The smallest absolute Gasteiger partial charge is 0.168 e. The number of fused-ring (bicyclic) bond motifs is 5. The molecule has 0 aliphatic heterocycles. The monoisotopic (exact) mass is 432 g/mol. The fourth-order valence-electron chi connectivity index (χ4n) is 9.11. The zero-order valence-corrected chi connectivity index (χ0v) is 19.9. The summed E-state index contributed by atoms with van der Waals surface area (Å²) in [6, 6.07) is 0. The molecule has 0 radical (unpaired) electrons. The van der Waals surface area contributed by atoms with Gasteiger partial charge in [-0.15, -0.1) is 0 Å². The summed E-state index contributed by atoms with van der Waals surface area (Å²) in [5.41, 5.74) is 1.46. The van der Waals surface area contributed by atoms with Crippen molar-refractivity contribution in [2.75, 3.05) is 13.7 Å². The highest BCUT2D eigenvalue weighted by Crippen LogP contribution is 2.66. The lowest BCUT2D eigenvalue weighted by Gasteiger charge is -2.60. The molecule has 0 amide bonds. The van der Waals surface area contributed by atoms with Crippen LogP contribution in [0, 0.1) is 34.5 Å². The molecule has 0 heterocycles. The van der Waals surface area contributed by atoms with Gasteiger partial charge in [0.1, 0.15) is 0 Å². The van der Waals surface area contributed by atoms with Crippen LogP contribution in [0.25, 0.3) is 0 Å². The van der Waals surface area contributed by atoms with E-state index in [4.69, 9.17) is 9.47 Å². The van der Waals surface area contributed by atoms with E-state index in [1.165, 1.54) is 44.1 Å². The Kier molecular flexibility index (Phi) is 5.85. The van der Waals surface area contributed by atoms with E-state index in [-0.39, 0.29) is 35.4 Å². The number of methoxy groups -OCH3 is 1. The third-order valence-electron chi connectivity index (χ3n) is 10.8. The summed E-state index contributed by atoms with van der Waals surface area (Å²) in [7, 11) is 1.84. The molecule has 0 saturated heterocycles. The highest BCUT2D eigenvalue weighted by Gasteiger charge is 2.62. The Balaban J connectivity index is 1.41. The van der Waals surface area contributed by atoms with E-state index in [1.54, 1.807) is 0 Å². The fourth-order valence-corrected chi connectivity index (χ4v) is 9.11. The van der Waals surface area contributed by atoms with Gasteiger partial charge in [-0.25, -0.2) is 0 Å². The second-order valence-corrected chi connectivity index (χ2v) is 11.9.